The van der Waals surface area contributed by atoms with E-state index in [1.54, 1.807) is 7.11 Å². The molecule has 0 saturated carbocycles. The first-order valence-corrected chi connectivity index (χ1v) is 7.48. The van der Waals surface area contributed by atoms with Crippen molar-refractivity contribution in [3.63, 3.8) is 0 Å². The quantitative estimate of drug-likeness (QED) is 0.855. The number of hydrogen-bond donors (Lipinski definition) is 1. The maximum absolute atomic E-state index is 5.42. The van der Waals surface area contributed by atoms with Gasteiger partial charge in [0.15, 0.2) is 0 Å². The van der Waals surface area contributed by atoms with Crippen molar-refractivity contribution in [2.45, 2.75) is 13.0 Å². The Hall–Kier alpha value is -1.10. The van der Waals surface area contributed by atoms with Crippen LogP contribution < -0.4 is 10.1 Å². The van der Waals surface area contributed by atoms with Crippen LogP contribution in [0.5, 0.6) is 5.75 Å². The Balaban J connectivity index is 1.76. The lowest BCUT2D eigenvalue weighted by Crippen LogP contribution is -2.46. The van der Waals surface area contributed by atoms with E-state index in [2.05, 4.69) is 41.2 Å². The minimum Gasteiger partial charge on any atom is -0.496 e. The summed E-state index contributed by atoms with van der Waals surface area (Å²) in [7, 11) is 3.93. The fraction of sp³-hybridized carbons (Fsp3) is 0.625. The summed E-state index contributed by atoms with van der Waals surface area (Å²) < 4.78 is 5.42. The van der Waals surface area contributed by atoms with E-state index >= 15 is 0 Å². The Bertz CT molecular complexity index is 402. The maximum atomic E-state index is 5.42. The van der Waals surface area contributed by atoms with E-state index in [0.717, 1.165) is 18.8 Å². The lowest BCUT2D eigenvalue weighted by Gasteiger charge is -2.32. The minimum absolute atomic E-state index is 0.318. The smallest absolute Gasteiger partial charge is 0.123 e. The summed E-state index contributed by atoms with van der Waals surface area (Å²) in [6.07, 6.45) is 0. The number of nitrogens with zero attached hydrogens (tertiary/aromatic N) is 2. The summed E-state index contributed by atoms with van der Waals surface area (Å²) in [6.45, 7) is 9.06. The highest BCUT2D eigenvalue weighted by Gasteiger charge is 2.14. The molecule has 0 bridgehead atoms. The largest absolute Gasteiger partial charge is 0.496 e. The molecule has 1 unspecified atom stereocenters. The molecule has 0 radical (unpaired) electrons. The number of methoxy groups -OCH3 is 1. The van der Waals surface area contributed by atoms with Crippen LogP contribution in [-0.2, 0) is 0 Å². The molecule has 4 nitrogen and oxygen atoms in total. The molecule has 0 spiro atoms. The van der Waals surface area contributed by atoms with E-state index in [1.165, 1.54) is 31.7 Å². The highest BCUT2D eigenvalue weighted by Crippen LogP contribution is 2.23. The number of hydrogen-bond acceptors (Lipinski definition) is 4. The molecular formula is C16H27N3O. The van der Waals surface area contributed by atoms with Crippen molar-refractivity contribution in [3.05, 3.63) is 29.8 Å². The molecule has 2 rings (SSSR count). The molecule has 1 aromatic rings. The van der Waals surface area contributed by atoms with Gasteiger partial charge in [-0.15, -0.1) is 0 Å². The number of ether oxygens (including phenoxy) is 1. The first-order chi connectivity index (χ1) is 9.70. The van der Waals surface area contributed by atoms with Gasteiger partial charge in [-0.25, -0.2) is 0 Å². The molecule has 1 aromatic carbocycles. The average molecular weight is 277 g/mol. The standard InChI is InChI=1S/C16H27N3O/c1-14(15-6-4-5-7-16(15)20-3)17-8-9-19-12-10-18(2)11-13-19/h4-7,14,17H,8-13H2,1-3H3. The van der Waals surface area contributed by atoms with Gasteiger partial charge in [0.2, 0.25) is 0 Å². The first-order valence-electron chi connectivity index (χ1n) is 7.48. The van der Waals surface area contributed by atoms with E-state index in [4.69, 9.17) is 4.74 Å². The van der Waals surface area contributed by atoms with Crippen LogP contribution in [0, 0.1) is 0 Å². The average Bonchev–Trinajstić information content (AvgIpc) is 2.49. The van der Waals surface area contributed by atoms with Crippen LogP contribution in [0.1, 0.15) is 18.5 Å². The molecular weight excluding hydrogens is 250 g/mol. The summed E-state index contributed by atoms with van der Waals surface area (Å²) >= 11 is 0. The third-order valence-corrected chi connectivity index (χ3v) is 4.08. The molecule has 1 aliphatic rings. The zero-order valence-electron chi connectivity index (χ0n) is 12.9. The van der Waals surface area contributed by atoms with Crippen LogP contribution >= 0.6 is 0 Å². The molecule has 0 aliphatic carbocycles. The van der Waals surface area contributed by atoms with E-state index in [1.807, 2.05) is 12.1 Å². The van der Waals surface area contributed by atoms with Crippen molar-refractivity contribution in [1.82, 2.24) is 15.1 Å². The summed E-state index contributed by atoms with van der Waals surface area (Å²) in [5.41, 5.74) is 1.23. The third kappa shape index (κ3) is 4.20. The van der Waals surface area contributed by atoms with Crippen molar-refractivity contribution < 1.29 is 4.74 Å². The molecule has 1 atom stereocenters. The van der Waals surface area contributed by atoms with Gasteiger partial charge in [0.1, 0.15) is 5.75 Å². The minimum atomic E-state index is 0.318. The second-order valence-electron chi connectivity index (χ2n) is 5.56. The van der Waals surface area contributed by atoms with Crippen LogP contribution in [0.25, 0.3) is 0 Å². The van der Waals surface area contributed by atoms with Gasteiger partial charge >= 0.3 is 0 Å². The van der Waals surface area contributed by atoms with Crippen LogP contribution in [-0.4, -0.2) is 63.2 Å². The Morgan fingerprint density at radius 1 is 1.20 bits per heavy atom. The van der Waals surface area contributed by atoms with Crippen LogP contribution in [0.2, 0.25) is 0 Å². The molecule has 112 valence electrons. The van der Waals surface area contributed by atoms with E-state index in [0.29, 0.717) is 6.04 Å². The van der Waals surface area contributed by atoms with Crippen molar-refractivity contribution >= 4 is 0 Å². The first kappa shape index (κ1) is 15.3. The van der Waals surface area contributed by atoms with E-state index in [9.17, 15) is 0 Å². The summed E-state index contributed by atoms with van der Waals surface area (Å²) in [5.74, 6) is 0.965. The topological polar surface area (TPSA) is 27.7 Å². The second kappa shape index (κ2) is 7.62. The summed E-state index contributed by atoms with van der Waals surface area (Å²) in [6, 6.07) is 8.55. The van der Waals surface area contributed by atoms with Gasteiger partial charge in [-0.05, 0) is 20.0 Å². The van der Waals surface area contributed by atoms with E-state index < -0.39 is 0 Å². The van der Waals surface area contributed by atoms with Gasteiger partial charge in [0.05, 0.1) is 7.11 Å². The van der Waals surface area contributed by atoms with Crippen LogP contribution in [0.4, 0.5) is 0 Å². The molecule has 20 heavy (non-hydrogen) atoms. The fourth-order valence-corrected chi connectivity index (χ4v) is 2.64. The fourth-order valence-electron chi connectivity index (χ4n) is 2.64. The zero-order valence-corrected chi connectivity index (χ0v) is 12.9. The predicted molar refractivity (Wildman–Crippen MR) is 83.3 cm³/mol. The van der Waals surface area contributed by atoms with Gasteiger partial charge in [-0.1, -0.05) is 18.2 Å². The van der Waals surface area contributed by atoms with Gasteiger partial charge in [0.25, 0.3) is 0 Å². The number of likely N-dealkylation sites (N-methyl/N-ethyl adjacent to an activating group) is 1. The molecule has 1 N–H and O–H groups in total. The van der Waals surface area contributed by atoms with Gasteiger partial charge in [0, 0.05) is 50.9 Å². The van der Waals surface area contributed by atoms with Crippen LogP contribution in [0.15, 0.2) is 24.3 Å². The van der Waals surface area contributed by atoms with Crippen LogP contribution in [0.3, 0.4) is 0 Å². The Labute approximate surface area is 122 Å². The second-order valence-corrected chi connectivity index (χ2v) is 5.56. The number of benzene rings is 1. The number of rotatable bonds is 6. The molecule has 1 fully saturated rings. The Morgan fingerprint density at radius 2 is 1.90 bits per heavy atom. The third-order valence-electron chi connectivity index (χ3n) is 4.08. The lowest BCUT2D eigenvalue weighted by atomic mass is 10.1. The van der Waals surface area contributed by atoms with Crippen molar-refractivity contribution in [1.29, 1.82) is 0 Å². The highest BCUT2D eigenvalue weighted by molar-refractivity contribution is 5.35. The summed E-state index contributed by atoms with van der Waals surface area (Å²) in [5, 5.41) is 3.60. The monoisotopic (exact) mass is 277 g/mol. The van der Waals surface area contributed by atoms with Crippen molar-refractivity contribution in [2.75, 3.05) is 53.4 Å². The Kier molecular flexibility index (Phi) is 5.83. The predicted octanol–water partition coefficient (Wildman–Crippen LogP) is 1.59. The van der Waals surface area contributed by atoms with Gasteiger partial charge in [-0.3, -0.25) is 4.90 Å². The normalized spacial score (nSPS) is 18.9. The van der Waals surface area contributed by atoms with Crippen molar-refractivity contribution in [3.8, 4) is 5.75 Å². The molecule has 1 aliphatic heterocycles. The molecule has 0 aromatic heterocycles. The Morgan fingerprint density at radius 3 is 2.60 bits per heavy atom. The SMILES string of the molecule is COc1ccccc1C(C)NCCN1CCN(C)CC1. The molecule has 4 heteroatoms. The summed E-state index contributed by atoms with van der Waals surface area (Å²) in [4.78, 5) is 4.92. The molecule has 1 heterocycles. The van der Waals surface area contributed by atoms with Crippen molar-refractivity contribution in [2.24, 2.45) is 0 Å². The van der Waals surface area contributed by atoms with Gasteiger partial charge < -0.3 is 15.0 Å². The zero-order chi connectivity index (χ0) is 14.4. The van der Waals surface area contributed by atoms with E-state index in [-0.39, 0.29) is 0 Å². The number of piperazine rings is 1. The number of nitrogens with one attached hydrogen (secondary N) is 1. The molecule has 1 saturated heterocycles. The lowest BCUT2D eigenvalue weighted by molar-refractivity contribution is 0.154. The maximum Gasteiger partial charge on any atom is 0.123 e. The highest BCUT2D eigenvalue weighted by atomic mass is 16.5. The molecule has 0 amide bonds. The number of para-hydroxylation sites is 1. The van der Waals surface area contributed by atoms with Gasteiger partial charge in [-0.2, -0.15) is 0 Å².